The van der Waals surface area contributed by atoms with Crippen LogP contribution in [0.1, 0.15) is 42.6 Å². The van der Waals surface area contributed by atoms with Crippen molar-refractivity contribution in [3.63, 3.8) is 0 Å². The van der Waals surface area contributed by atoms with Crippen molar-refractivity contribution < 1.29 is 14.4 Å². The van der Waals surface area contributed by atoms with E-state index in [1.807, 2.05) is 39.0 Å². The van der Waals surface area contributed by atoms with Crippen molar-refractivity contribution in [3.05, 3.63) is 35.4 Å². The van der Waals surface area contributed by atoms with Gasteiger partial charge >= 0.3 is 0 Å². The summed E-state index contributed by atoms with van der Waals surface area (Å²) >= 11 is 0. The molecule has 6 nitrogen and oxygen atoms in total. The average Bonchev–Trinajstić information content (AvgIpc) is 2.96. The molecule has 2 saturated heterocycles. The van der Waals surface area contributed by atoms with Crippen LogP contribution < -0.4 is 10.6 Å². The maximum atomic E-state index is 12.6. The molecule has 2 aliphatic heterocycles. The van der Waals surface area contributed by atoms with Crippen molar-refractivity contribution >= 4 is 17.7 Å². The lowest BCUT2D eigenvalue weighted by atomic mass is 9.99. The van der Waals surface area contributed by atoms with E-state index in [1.54, 1.807) is 11.0 Å². The molecule has 0 aromatic heterocycles. The van der Waals surface area contributed by atoms with E-state index in [9.17, 15) is 14.4 Å². The van der Waals surface area contributed by atoms with Crippen LogP contribution in [0.2, 0.25) is 0 Å². The Morgan fingerprint density at radius 1 is 1.36 bits per heavy atom. The first kappa shape index (κ1) is 17.5. The summed E-state index contributed by atoms with van der Waals surface area (Å²) in [5.74, 6) is 0.00789. The minimum Gasteiger partial charge on any atom is -0.347 e. The molecule has 2 aliphatic rings. The number of aryl methyl sites for hydroxylation is 1. The molecule has 0 unspecified atom stereocenters. The minimum absolute atomic E-state index is 0.0365. The largest absolute Gasteiger partial charge is 0.347 e. The highest BCUT2D eigenvalue weighted by Crippen LogP contribution is 2.25. The van der Waals surface area contributed by atoms with E-state index >= 15 is 0 Å². The van der Waals surface area contributed by atoms with E-state index in [-0.39, 0.29) is 23.8 Å². The van der Waals surface area contributed by atoms with Crippen molar-refractivity contribution in [2.45, 2.75) is 51.7 Å². The van der Waals surface area contributed by atoms with Gasteiger partial charge in [0.15, 0.2) is 0 Å². The van der Waals surface area contributed by atoms with Gasteiger partial charge in [0, 0.05) is 18.2 Å². The van der Waals surface area contributed by atoms with E-state index in [4.69, 9.17) is 0 Å². The van der Waals surface area contributed by atoms with Crippen LogP contribution in [0.5, 0.6) is 0 Å². The summed E-state index contributed by atoms with van der Waals surface area (Å²) in [6, 6.07) is 6.24. The molecule has 2 N–H and O–H groups in total. The Labute approximate surface area is 148 Å². The maximum absolute atomic E-state index is 12.6. The summed E-state index contributed by atoms with van der Waals surface area (Å²) in [5, 5.41) is 5.80. The number of carbonyl (C=O) groups excluding carboxylic acids is 3. The van der Waals surface area contributed by atoms with Crippen molar-refractivity contribution in [2.75, 3.05) is 6.54 Å². The molecule has 0 saturated carbocycles. The van der Waals surface area contributed by atoms with Gasteiger partial charge in [-0.15, -0.1) is 0 Å². The highest BCUT2D eigenvalue weighted by molar-refractivity contribution is 5.98. The number of hydrogen-bond acceptors (Lipinski definition) is 3. The summed E-state index contributed by atoms with van der Waals surface area (Å²) in [7, 11) is 0. The standard InChI is InChI=1S/C19H25N3O3/c1-11(2)7-15-19(25)22-10-14(9-16(22)18(24)21-15)20-17(23)13-6-4-5-12(3)8-13/h4-6,8,11,14-16H,7,9-10H2,1-3H3,(H,20,23)(H,21,24)/t14-,15-,16-/m0/s1. The Morgan fingerprint density at radius 3 is 2.80 bits per heavy atom. The Balaban J connectivity index is 1.67. The monoisotopic (exact) mass is 343 g/mol. The molecule has 3 atom stereocenters. The average molecular weight is 343 g/mol. The van der Waals surface area contributed by atoms with Crippen molar-refractivity contribution in [2.24, 2.45) is 5.92 Å². The lowest BCUT2D eigenvalue weighted by Crippen LogP contribution is -2.61. The lowest BCUT2D eigenvalue weighted by Gasteiger charge is -2.35. The highest BCUT2D eigenvalue weighted by atomic mass is 16.2. The summed E-state index contributed by atoms with van der Waals surface area (Å²) in [6.07, 6.45) is 1.09. The molecule has 134 valence electrons. The maximum Gasteiger partial charge on any atom is 0.251 e. The summed E-state index contributed by atoms with van der Waals surface area (Å²) < 4.78 is 0. The van der Waals surface area contributed by atoms with Gasteiger partial charge in [-0.05, 0) is 37.8 Å². The second-order valence-electron chi connectivity index (χ2n) is 7.47. The van der Waals surface area contributed by atoms with Gasteiger partial charge in [-0.1, -0.05) is 31.5 Å². The number of nitrogens with one attached hydrogen (secondary N) is 2. The number of nitrogens with zero attached hydrogens (tertiary/aromatic N) is 1. The van der Waals surface area contributed by atoms with Crippen LogP contribution in [-0.4, -0.2) is 47.3 Å². The summed E-state index contributed by atoms with van der Waals surface area (Å²) in [4.78, 5) is 39.0. The zero-order chi connectivity index (χ0) is 18.1. The normalized spacial score (nSPS) is 25.8. The van der Waals surface area contributed by atoms with Gasteiger partial charge in [0.1, 0.15) is 12.1 Å². The summed E-state index contributed by atoms with van der Waals surface area (Å²) in [6.45, 7) is 6.38. The first-order chi connectivity index (χ1) is 11.8. The smallest absolute Gasteiger partial charge is 0.251 e. The number of rotatable bonds is 4. The fourth-order valence-corrected chi connectivity index (χ4v) is 3.65. The molecule has 2 fully saturated rings. The molecule has 3 rings (SSSR count). The first-order valence-corrected chi connectivity index (χ1v) is 8.83. The quantitative estimate of drug-likeness (QED) is 0.863. The third kappa shape index (κ3) is 3.67. The first-order valence-electron chi connectivity index (χ1n) is 8.83. The number of hydrogen-bond donors (Lipinski definition) is 2. The van der Waals surface area contributed by atoms with Crippen molar-refractivity contribution in [1.29, 1.82) is 0 Å². The Morgan fingerprint density at radius 2 is 2.12 bits per heavy atom. The fourth-order valence-electron chi connectivity index (χ4n) is 3.65. The van der Waals surface area contributed by atoms with Crippen molar-refractivity contribution in [1.82, 2.24) is 15.5 Å². The number of amides is 3. The number of carbonyl (C=O) groups is 3. The van der Waals surface area contributed by atoms with Crippen LogP contribution in [0, 0.1) is 12.8 Å². The van der Waals surface area contributed by atoms with Gasteiger partial charge in [-0.3, -0.25) is 14.4 Å². The Hall–Kier alpha value is -2.37. The number of fused-ring (bicyclic) bond motifs is 1. The van der Waals surface area contributed by atoms with Gasteiger partial charge in [0.2, 0.25) is 11.8 Å². The summed E-state index contributed by atoms with van der Waals surface area (Å²) in [5.41, 5.74) is 1.61. The Bertz CT molecular complexity index is 701. The van der Waals surface area contributed by atoms with Gasteiger partial charge in [0.05, 0.1) is 0 Å². The van der Waals surface area contributed by atoms with E-state index in [0.717, 1.165) is 5.56 Å². The van der Waals surface area contributed by atoms with Crippen LogP contribution in [-0.2, 0) is 9.59 Å². The molecular weight excluding hydrogens is 318 g/mol. The molecule has 0 bridgehead atoms. The van der Waals surface area contributed by atoms with Crippen LogP contribution in [0.25, 0.3) is 0 Å². The third-order valence-electron chi connectivity index (χ3n) is 4.82. The van der Waals surface area contributed by atoms with Gasteiger partial charge in [-0.2, -0.15) is 0 Å². The topological polar surface area (TPSA) is 78.5 Å². The predicted molar refractivity (Wildman–Crippen MR) is 93.9 cm³/mol. The molecule has 0 radical (unpaired) electrons. The van der Waals surface area contributed by atoms with E-state index in [2.05, 4.69) is 10.6 Å². The second kappa shape index (κ2) is 6.86. The molecule has 25 heavy (non-hydrogen) atoms. The zero-order valence-electron chi connectivity index (χ0n) is 14.9. The third-order valence-corrected chi connectivity index (χ3v) is 4.82. The number of benzene rings is 1. The molecule has 0 aliphatic carbocycles. The molecule has 0 spiro atoms. The molecular formula is C19H25N3O3. The zero-order valence-corrected chi connectivity index (χ0v) is 14.9. The fraction of sp³-hybridized carbons (Fsp3) is 0.526. The van der Waals surface area contributed by atoms with Crippen molar-refractivity contribution in [3.8, 4) is 0 Å². The van der Waals surface area contributed by atoms with Crippen LogP contribution in [0.3, 0.4) is 0 Å². The molecule has 6 heteroatoms. The van der Waals surface area contributed by atoms with Gasteiger partial charge in [0.25, 0.3) is 5.91 Å². The van der Waals surface area contributed by atoms with E-state index < -0.39 is 12.1 Å². The SMILES string of the molecule is Cc1cccc(C(=O)N[C@H]2C[C@H]3C(=O)N[C@@H](CC(C)C)C(=O)N3C2)c1. The van der Waals surface area contributed by atoms with Gasteiger partial charge < -0.3 is 15.5 Å². The highest BCUT2D eigenvalue weighted by Gasteiger charge is 2.46. The minimum atomic E-state index is -0.473. The van der Waals surface area contributed by atoms with Crippen LogP contribution in [0.4, 0.5) is 0 Å². The second-order valence-corrected chi connectivity index (χ2v) is 7.47. The molecule has 3 amide bonds. The van der Waals surface area contributed by atoms with Crippen LogP contribution >= 0.6 is 0 Å². The predicted octanol–water partition coefficient (Wildman–Crippen LogP) is 1.24. The molecule has 1 aromatic carbocycles. The Kier molecular flexibility index (Phi) is 4.79. The molecule has 2 heterocycles. The molecule has 1 aromatic rings. The van der Waals surface area contributed by atoms with E-state index in [0.29, 0.717) is 30.9 Å². The van der Waals surface area contributed by atoms with Gasteiger partial charge in [-0.25, -0.2) is 0 Å². The lowest BCUT2D eigenvalue weighted by molar-refractivity contribution is -0.147. The van der Waals surface area contributed by atoms with E-state index in [1.165, 1.54) is 0 Å². The van der Waals surface area contributed by atoms with Crippen LogP contribution in [0.15, 0.2) is 24.3 Å². The number of piperazine rings is 1.